The zero-order valence-electron chi connectivity index (χ0n) is 11.7. The maximum absolute atomic E-state index is 10.2. The number of hydrogen-bond acceptors (Lipinski definition) is 2. The predicted octanol–water partition coefficient (Wildman–Crippen LogP) is 4.66. The van der Waals surface area contributed by atoms with E-state index in [2.05, 4.69) is 52.3 Å². The van der Waals surface area contributed by atoms with Gasteiger partial charge in [0.2, 0.25) is 0 Å². The molecule has 0 aliphatic heterocycles. The van der Waals surface area contributed by atoms with Gasteiger partial charge >= 0.3 is 0 Å². The molecule has 0 atom stereocenters. The first-order chi connectivity index (χ1) is 10.1. The minimum Gasteiger partial charge on any atom is -0.507 e. The third kappa shape index (κ3) is 2.21. The summed E-state index contributed by atoms with van der Waals surface area (Å²) in [5, 5.41) is 10.2. The van der Waals surface area contributed by atoms with Crippen LogP contribution in [0.2, 0.25) is 0 Å². The molecule has 4 heteroatoms. The fraction of sp³-hybridized carbons (Fsp3) is 0.235. The van der Waals surface area contributed by atoms with Crippen molar-refractivity contribution in [2.75, 3.05) is 0 Å². The van der Waals surface area contributed by atoms with Crippen LogP contribution in [0.3, 0.4) is 0 Å². The van der Waals surface area contributed by atoms with Crippen LogP contribution in [0.5, 0.6) is 5.75 Å². The smallest absolute Gasteiger partial charge is 0.145 e. The maximum atomic E-state index is 10.2. The summed E-state index contributed by atoms with van der Waals surface area (Å²) in [5.41, 5.74) is 4.20. The highest BCUT2D eigenvalue weighted by atomic mass is 127. The molecule has 0 radical (unpaired) electrons. The van der Waals surface area contributed by atoms with Gasteiger partial charge in [0, 0.05) is 9.61 Å². The Morgan fingerprint density at radius 2 is 2.00 bits per heavy atom. The third-order valence-electron chi connectivity index (χ3n) is 3.96. The van der Waals surface area contributed by atoms with E-state index >= 15 is 0 Å². The van der Waals surface area contributed by atoms with Crippen molar-refractivity contribution in [2.24, 2.45) is 0 Å². The standard InChI is InChI=1S/C17H15IN2O/c1-10-2-6-15-14(8-10)19-17(20(15)12-4-5-12)13-9-11(18)3-7-16(13)21/h2-3,6-9,12,21H,4-5H2,1H3. The molecule has 0 spiro atoms. The van der Waals surface area contributed by atoms with Crippen molar-refractivity contribution in [1.82, 2.24) is 9.55 Å². The fourth-order valence-electron chi connectivity index (χ4n) is 2.79. The Morgan fingerprint density at radius 3 is 2.76 bits per heavy atom. The molecule has 0 amide bonds. The largest absolute Gasteiger partial charge is 0.507 e. The minimum absolute atomic E-state index is 0.296. The Balaban J connectivity index is 2.03. The van der Waals surface area contributed by atoms with Gasteiger partial charge in [-0.25, -0.2) is 4.98 Å². The quantitative estimate of drug-likeness (QED) is 0.647. The van der Waals surface area contributed by atoms with Crippen LogP contribution in [-0.2, 0) is 0 Å². The maximum Gasteiger partial charge on any atom is 0.145 e. The van der Waals surface area contributed by atoms with Crippen molar-refractivity contribution in [3.05, 3.63) is 45.5 Å². The molecule has 1 N–H and O–H groups in total. The van der Waals surface area contributed by atoms with E-state index in [1.54, 1.807) is 6.07 Å². The second kappa shape index (κ2) is 4.73. The number of aromatic nitrogens is 2. The normalized spacial score (nSPS) is 14.8. The fourth-order valence-corrected chi connectivity index (χ4v) is 3.28. The van der Waals surface area contributed by atoms with E-state index in [-0.39, 0.29) is 0 Å². The number of fused-ring (bicyclic) bond motifs is 1. The van der Waals surface area contributed by atoms with Gasteiger partial charge in [0.05, 0.1) is 16.6 Å². The average Bonchev–Trinajstić information content (AvgIpc) is 3.22. The van der Waals surface area contributed by atoms with Gasteiger partial charge in [0.25, 0.3) is 0 Å². The van der Waals surface area contributed by atoms with E-state index in [1.165, 1.54) is 18.4 Å². The van der Waals surface area contributed by atoms with Gasteiger partial charge < -0.3 is 9.67 Å². The van der Waals surface area contributed by atoms with Crippen LogP contribution in [0.15, 0.2) is 36.4 Å². The highest BCUT2D eigenvalue weighted by Crippen LogP contribution is 2.43. The topological polar surface area (TPSA) is 38.1 Å². The summed E-state index contributed by atoms with van der Waals surface area (Å²) in [6.07, 6.45) is 2.38. The number of aromatic hydroxyl groups is 1. The number of imidazole rings is 1. The summed E-state index contributed by atoms with van der Waals surface area (Å²) in [6, 6.07) is 12.6. The molecule has 3 aromatic rings. The molecular weight excluding hydrogens is 375 g/mol. The lowest BCUT2D eigenvalue weighted by Gasteiger charge is -2.09. The Bertz CT molecular complexity index is 849. The molecule has 1 saturated carbocycles. The monoisotopic (exact) mass is 390 g/mol. The molecule has 1 heterocycles. The Hall–Kier alpha value is -1.56. The number of halogens is 1. The number of aryl methyl sites for hydroxylation is 1. The van der Waals surface area contributed by atoms with Crippen molar-refractivity contribution in [3.8, 4) is 17.1 Å². The zero-order valence-corrected chi connectivity index (χ0v) is 13.8. The number of phenols is 1. The lowest BCUT2D eigenvalue weighted by Crippen LogP contribution is -1.97. The third-order valence-corrected chi connectivity index (χ3v) is 4.63. The van der Waals surface area contributed by atoms with E-state index in [4.69, 9.17) is 4.98 Å². The first-order valence-electron chi connectivity index (χ1n) is 7.11. The molecule has 1 aliphatic carbocycles. The van der Waals surface area contributed by atoms with Gasteiger partial charge in [-0.1, -0.05) is 6.07 Å². The van der Waals surface area contributed by atoms with Crippen LogP contribution < -0.4 is 0 Å². The van der Waals surface area contributed by atoms with E-state index in [9.17, 15) is 5.11 Å². The number of nitrogens with zero attached hydrogens (tertiary/aromatic N) is 2. The lowest BCUT2D eigenvalue weighted by atomic mass is 10.2. The molecule has 1 aromatic heterocycles. The van der Waals surface area contributed by atoms with Crippen LogP contribution in [0.4, 0.5) is 0 Å². The first kappa shape index (κ1) is 13.1. The van der Waals surface area contributed by atoms with E-state index in [0.717, 1.165) is 26.0 Å². The molecule has 3 nitrogen and oxygen atoms in total. The van der Waals surface area contributed by atoms with Gasteiger partial charge in [-0.3, -0.25) is 0 Å². The molecule has 4 rings (SSSR count). The molecule has 1 aliphatic rings. The summed E-state index contributed by atoms with van der Waals surface area (Å²) in [4.78, 5) is 4.81. The predicted molar refractivity (Wildman–Crippen MR) is 92.6 cm³/mol. The zero-order chi connectivity index (χ0) is 14.6. The summed E-state index contributed by atoms with van der Waals surface area (Å²) < 4.78 is 3.39. The highest BCUT2D eigenvalue weighted by Gasteiger charge is 2.29. The van der Waals surface area contributed by atoms with Gasteiger partial charge in [-0.05, 0) is 78.3 Å². The summed E-state index contributed by atoms with van der Waals surface area (Å²) in [5.74, 6) is 1.18. The van der Waals surface area contributed by atoms with Crippen molar-refractivity contribution in [3.63, 3.8) is 0 Å². The minimum atomic E-state index is 0.296. The summed E-state index contributed by atoms with van der Waals surface area (Å²) >= 11 is 2.27. The highest BCUT2D eigenvalue weighted by molar-refractivity contribution is 14.1. The summed E-state index contributed by atoms with van der Waals surface area (Å²) in [7, 11) is 0. The van der Waals surface area contributed by atoms with E-state index in [1.807, 2.05) is 12.1 Å². The molecule has 21 heavy (non-hydrogen) atoms. The van der Waals surface area contributed by atoms with Crippen LogP contribution in [0.1, 0.15) is 24.4 Å². The number of phenolic OH excluding ortho intramolecular Hbond substituents is 1. The van der Waals surface area contributed by atoms with Crippen LogP contribution in [0, 0.1) is 10.5 Å². The molecule has 1 fully saturated rings. The molecule has 0 saturated heterocycles. The van der Waals surface area contributed by atoms with E-state index in [0.29, 0.717) is 11.8 Å². The van der Waals surface area contributed by atoms with Gasteiger partial charge in [0.15, 0.2) is 0 Å². The molecule has 106 valence electrons. The summed E-state index contributed by atoms with van der Waals surface area (Å²) in [6.45, 7) is 2.08. The Kier molecular flexibility index (Phi) is 2.96. The van der Waals surface area contributed by atoms with Gasteiger partial charge in [-0.2, -0.15) is 0 Å². The SMILES string of the molecule is Cc1ccc2c(c1)nc(-c1cc(I)ccc1O)n2C1CC1. The van der Waals surface area contributed by atoms with Gasteiger partial charge in [0.1, 0.15) is 11.6 Å². The second-order valence-corrected chi connectivity index (χ2v) is 6.94. The average molecular weight is 390 g/mol. The number of hydrogen-bond donors (Lipinski definition) is 1. The van der Waals surface area contributed by atoms with Crippen molar-refractivity contribution in [2.45, 2.75) is 25.8 Å². The number of benzene rings is 2. The molecule has 2 aromatic carbocycles. The Labute approximate surface area is 136 Å². The van der Waals surface area contributed by atoms with Crippen molar-refractivity contribution >= 4 is 33.6 Å². The first-order valence-corrected chi connectivity index (χ1v) is 8.19. The molecular formula is C17H15IN2O. The van der Waals surface area contributed by atoms with Crippen molar-refractivity contribution < 1.29 is 5.11 Å². The second-order valence-electron chi connectivity index (χ2n) is 5.69. The van der Waals surface area contributed by atoms with E-state index < -0.39 is 0 Å². The van der Waals surface area contributed by atoms with Crippen LogP contribution in [-0.4, -0.2) is 14.7 Å². The molecule has 0 unspecified atom stereocenters. The van der Waals surface area contributed by atoms with Gasteiger partial charge in [-0.15, -0.1) is 0 Å². The Morgan fingerprint density at radius 1 is 1.19 bits per heavy atom. The molecule has 0 bridgehead atoms. The van der Waals surface area contributed by atoms with Crippen molar-refractivity contribution in [1.29, 1.82) is 0 Å². The lowest BCUT2D eigenvalue weighted by molar-refractivity contribution is 0.476. The van der Waals surface area contributed by atoms with Crippen LogP contribution in [0.25, 0.3) is 22.4 Å². The number of rotatable bonds is 2. The van der Waals surface area contributed by atoms with Crippen LogP contribution >= 0.6 is 22.6 Å².